The Morgan fingerprint density at radius 1 is 0.968 bits per heavy atom. The van der Waals surface area contributed by atoms with Gasteiger partial charge in [-0.1, -0.05) is 50.2 Å². The number of H-pyrrole nitrogens is 1. The Kier molecular flexibility index (Phi) is 5.95. The van der Waals surface area contributed by atoms with Crippen LogP contribution in [0.25, 0.3) is 33.4 Å². The molecule has 0 atom stereocenters. The van der Waals surface area contributed by atoms with E-state index in [-0.39, 0.29) is 5.69 Å². The number of aryl methyl sites for hydroxylation is 2. The Hall–Kier alpha value is -3.32. The van der Waals surface area contributed by atoms with Crippen molar-refractivity contribution in [3.63, 3.8) is 0 Å². The van der Waals surface area contributed by atoms with Crippen LogP contribution < -0.4 is 11.0 Å². The number of nitrogens with one attached hydrogen (secondary N) is 2. The number of nitrogens with zero attached hydrogens (tertiary/aromatic N) is 4. The van der Waals surface area contributed by atoms with E-state index in [0.717, 1.165) is 65.4 Å². The maximum Gasteiger partial charge on any atom is 0.328 e. The normalized spacial score (nSPS) is 11.5. The lowest BCUT2D eigenvalue weighted by Crippen LogP contribution is -2.28. The van der Waals surface area contributed by atoms with Crippen LogP contribution in [0.1, 0.15) is 13.8 Å². The van der Waals surface area contributed by atoms with Gasteiger partial charge < -0.3 is 10.2 Å². The highest BCUT2D eigenvalue weighted by Crippen LogP contribution is 2.37. The quantitative estimate of drug-likeness (QED) is 0.458. The molecule has 0 saturated heterocycles. The maximum absolute atomic E-state index is 12.4. The van der Waals surface area contributed by atoms with E-state index in [1.54, 1.807) is 16.2 Å². The van der Waals surface area contributed by atoms with E-state index in [9.17, 15) is 4.79 Å². The fourth-order valence-corrected chi connectivity index (χ4v) is 4.10. The van der Waals surface area contributed by atoms with Gasteiger partial charge in [-0.15, -0.1) is 0 Å². The first kappa shape index (κ1) is 20.9. The van der Waals surface area contributed by atoms with Gasteiger partial charge in [-0.2, -0.15) is 5.10 Å². The number of anilines is 1. The van der Waals surface area contributed by atoms with Crippen molar-refractivity contribution in [2.45, 2.75) is 13.8 Å². The molecule has 0 amide bonds. The average molecular weight is 419 g/mol. The molecule has 2 aromatic carbocycles. The van der Waals surface area contributed by atoms with Crippen LogP contribution in [0.3, 0.4) is 0 Å². The SMILES string of the molecule is CCN(CC)CCNc1n[nH]c(-c2ccccc2)c1-c1ccc2c(c1)n(C)c(=O)n2C. The van der Waals surface area contributed by atoms with E-state index in [0.29, 0.717) is 0 Å². The Bertz CT molecular complexity index is 1230. The fraction of sp³-hybridized carbons (Fsp3) is 0.333. The van der Waals surface area contributed by atoms with Crippen molar-refractivity contribution in [3.8, 4) is 22.4 Å². The third-order valence-electron chi connectivity index (χ3n) is 6.00. The molecule has 0 unspecified atom stereocenters. The highest BCUT2D eigenvalue weighted by Gasteiger charge is 2.18. The van der Waals surface area contributed by atoms with Crippen LogP contribution in [0.4, 0.5) is 5.82 Å². The molecule has 0 saturated carbocycles. The van der Waals surface area contributed by atoms with Crippen molar-refractivity contribution in [1.82, 2.24) is 24.2 Å². The van der Waals surface area contributed by atoms with Crippen molar-refractivity contribution < 1.29 is 0 Å². The van der Waals surface area contributed by atoms with Crippen molar-refractivity contribution >= 4 is 16.9 Å². The number of benzene rings is 2. The van der Waals surface area contributed by atoms with Crippen LogP contribution in [0.2, 0.25) is 0 Å². The van der Waals surface area contributed by atoms with Crippen molar-refractivity contribution in [2.24, 2.45) is 14.1 Å². The van der Waals surface area contributed by atoms with Crippen LogP contribution in [0.15, 0.2) is 53.3 Å². The molecule has 0 fully saturated rings. The second-order valence-electron chi connectivity index (χ2n) is 7.75. The first-order chi connectivity index (χ1) is 15.0. The first-order valence-corrected chi connectivity index (χ1v) is 10.8. The molecule has 0 spiro atoms. The van der Waals surface area contributed by atoms with Gasteiger partial charge in [0, 0.05) is 32.7 Å². The topological polar surface area (TPSA) is 70.9 Å². The van der Waals surface area contributed by atoms with Crippen LogP contribution in [0, 0.1) is 0 Å². The predicted molar refractivity (Wildman–Crippen MR) is 127 cm³/mol. The highest BCUT2D eigenvalue weighted by atomic mass is 16.1. The Labute approximate surface area is 182 Å². The Morgan fingerprint density at radius 2 is 1.68 bits per heavy atom. The molecule has 2 N–H and O–H groups in total. The smallest absolute Gasteiger partial charge is 0.328 e. The fourth-order valence-electron chi connectivity index (χ4n) is 4.10. The molecule has 2 heterocycles. The minimum atomic E-state index is -0.0276. The Balaban J connectivity index is 1.79. The summed E-state index contributed by atoms with van der Waals surface area (Å²) in [6.07, 6.45) is 0. The lowest BCUT2D eigenvalue weighted by molar-refractivity contribution is 0.316. The molecule has 0 bridgehead atoms. The summed E-state index contributed by atoms with van der Waals surface area (Å²) in [4.78, 5) is 14.8. The largest absolute Gasteiger partial charge is 0.367 e. The lowest BCUT2D eigenvalue weighted by atomic mass is 10.00. The van der Waals surface area contributed by atoms with Gasteiger partial charge in [0.2, 0.25) is 0 Å². The van der Waals surface area contributed by atoms with Gasteiger partial charge in [-0.3, -0.25) is 14.2 Å². The van der Waals surface area contributed by atoms with Gasteiger partial charge in [0.05, 0.1) is 22.3 Å². The number of aromatic amines is 1. The summed E-state index contributed by atoms with van der Waals surface area (Å²) in [6, 6.07) is 16.4. The molecule has 0 radical (unpaired) electrons. The predicted octanol–water partition coefficient (Wildman–Crippen LogP) is 3.69. The zero-order valence-electron chi connectivity index (χ0n) is 18.6. The molecule has 0 aliphatic heterocycles. The number of imidazole rings is 1. The molecule has 162 valence electrons. The minimum Gasteiger partial charge on any atom is -0.367 e. The van der Waals surface area contributed by atoms with Crippen LogP contribution in [-0.2, 0) is 14.1 Å². The third-order valence-corrected chi connectivity index (χ3v) is 6.00. The molecule has 4 aromatic rings. The molecule has 7 heteroatoms. The number of fused-ring (bicyclic) bond motifs is 1. The molecular formula is C24H30N6O. The summed E-state index contributed by atoms with van der Waals surface area (Å²) in [6.45, 7) is 8.16. The molecule has 0 aliphatic carbocycles. The zero-order chi connectivity index (χ0) is 22.0. The summed E-state index contributed by atoms with van der Waals surface area (Å²) in [5.74, 6) is 0.825. The summed E-state index contributed by atoms with van der Waals surface area (Å²) in [7, 11) is 3.61. The van der Waals surface area contributed by atoms with Crippen LogP contribution >= 0.6 is 0 Å². The van der Waals surface area contributed by atoms with Crippen molar-refractivity contribution in [1.29, 1.82) is 0 Å². The second-order valence-corrected chi connectivity index (χ2v) is 7.75. The molecule has 31 heavy (non-hydrogen) atoms. The molecule has 2 aromatic heterocycles. The highest BCUT2D eigenvalue weighted by molar-refractivity contribution is 5.92. The summed E-state index contributed by atoms with van der Waals surface area (Å²) < 4.78 is 3.37. The van der Waals surface area contributed by atoms with E-state index in [4.69, 9.17) is 0 Å². The van der Waals surface area contributed by atoms with Crippen molar-refractivity contribution in [2.75, 3.05) is 31.5 Å². The second kappa shape index (κ2) is 8.81. The zero-order valence-corrected chi connectivity index (χ0v) is 18.6. The standard InChI is InChI=1S/C24H30N6O/c1-5-30(6-2)15-14-25-23-21(22(26-27-23)17-10-8-7-9-11-17)18-12-13-19-20(16-18)29(4)24(31)28(19)3/h7-13,16H,5-6,14-15H2,1-4H3,(H2,25,26,27). The maximum atomic E-state index is 12.4. The number of likely N-dealkylation sites (N-methyl/N-ethyl adjacent to an activating group) is 1. The van der Waals surface area contributed by atoms with Crippen LogP contribution in [0.5, 0.6) is 0 Å². The third kappa shape index (κ3) is 3.88. The van der Waals surface area contributed by atoms with Crippen molar-refractivity contribution in [3.05, 3.63) is 59.0 Å². The van der Waals surface area contributed by atoms with E-state index in [1.165, 1.54) is 0 Å². The van der Waals surface area contributed by atoms with Crippen LogP contribution in [-0.4, -0.2) is 50.4 Å². The number of hydrogen-bond acceptors (Lipinski definition) is 4. The minimum absolute atomic E-state index is 0.0276. The van der Waals surface area contributed by atoms with Gasteiger partial charge in [0.25, 0.3) is 0 Å². The van der Waals surface area contributed by atoms with Gasteiger partial charge in [-0.25, -0.2) is 4.79 Å². The number of aromatic nitrogens is 4. The summed E-state index contributed by atoms with van der Waals surface area (Å²) in [5, 5.41) is 11.4. The summed E-state index contributed by atoms with van der Waals surface area (Å²) in [5.41, 5.74) is 5.86. The number of hydrogen-bond donors (Lipinski definition) is 2. The first-order valence-electron chi connectivity index (χ1n) is 10.8. The van der Waals surface area contributed by atoms with Gasteiger partial charge in [0.15, 0.2) is 5.82 Å². The molecule has 0 aliphatic rings. The van der Waals surface area contributed by atoms with E-state index < -0.39 is 0 Å². The van der Waals surface area contributed by atoms with E-state index in [1.807, 2.05) is 31.3 Å². The Morgan fingerprint density at radius 3 is 2.39 bits per heavy atom. The van der Waals surface area contributed by atoms with E-state index >= 15 is 0 Å². The average Bonchev–Trinajstić information content (AvgIpc) is 3.32. The molecular weight excluding hydrogens is 388 g/mol. The summed E-state index contributed by atoms with van der Waals surface area (Å²) >= 11 is 0. The lowest BCUT2D eigenvalue weighted by Gasteiger charge is -2.18. The van der Waals surface area contributed by atoms with E-state index in [2.05, 4.69) is 58.5 Å². The number of rotatable bonds is 8. The molecule has 7 nitrogen and oxygen atoms in total. The van der Waals surface area contributed by atoms with Gasteiger partial charge in [0.1, 0.15) is 0 Å². The molecule has 4 rings (SSSR count). The van der Waals surface area contributed by atoms with Gasteiger partial charge in [-0.05, 0) is 30.8 Å². The van der Waals surface area contributed by atoms with Gasteiger partial charge >= 0.3 is 5.69 Å². The monoisotopic (exact) mass is 418 g/mol.